The van der Waals surface area contributed by atoms with Gasteiger partial charge in [0.05, 0.1) is 11.6 Å². The van der Waals surface area contributed by atoms with E-state index in [0.717, 1.165) is 24.2 Å². The van der Waals surface area contributed by atoms with E-state index in [0.29, 0.717) is 10.6 Å². The van der Waals surface area contributed by atoms with Crippen LogP contribution in [0.15, 0.2) is 42.5 Å². The number of nitrogens with zero attached hydrogens (tertiary/aromatic N) is 2. The maximum absolute atomic E-state index is 8.84. The van der Waals surface area contributed by atoms with Crippen LogP contribution in [0.5, 0.6) is 0 Å². The molecule has 2 nitrogen and oxygen atoms in total. The molecule has 2 aromatic carbocycles. The maximum Gasteiger partial charge on any atom is 0.0992 e. The second-order valence-corrected chi connectivity index (χ2v) is 5.20. The summed E-state index contributed by atoms with van der Waals surface area (Å²) in [6.45, 7) is 2.87. The zero-order valence-corrected chi connectivity index (χ0v) is 12.5. The average molecular weight is 285 g/mol. The Morgan fingerprint density at radius 3 is 2.40 bits per heavy atom. The van der Waals surface area contributed by atoms with Gasteiger partial charge in [0.2, 0.25) is 0 Å². The van der Waals surface area contributed by atoms with Crippen LogP contribution in [-0.4, -0.2) is 7.05 Å². The van der Waals surface area contributed by atoms with Crippen molar-refractivity contribution >= 4 is 17.3 Å². The van der Waals surface area contributed by atoms with Gasteiger partial charge in [0.1, 0.15) is 0 Å². The minimum Gasteiger partial charge on any atom is -0.370 e. The van der Waals surface area contributed by atoms with E-state index in [-0.39, 0.29) is 0 Å². The molecule has 0 aromatic heterocycles. The van der Waals surface area contributed by atoms with Crippen molar-refractivity contribution < 1.29 is 0 Å². The lowest BCUT2D eigenvalue weighted by molar-refractivity contribution is 0.922. The van der Waals surface area contributed by atoms with E-state index in [1.807, 2.05) is 13.1 Å². The highest BCUT2D eigenvalue weighted by Crippen LogP contribution is 2.22. The summed E-state index contributed by atoms with van der Waals surface area (Å²) in [6.07, 6.45) is 1.05. The lowest BCUT2D eigenvalue weighted by Crippen LogP contribution is -2.16. The summed E-state index contributed by atoms with van der Waals surface area (Å²) in [4.78, 5) is 2.15. The zero-order chi connectivity index (χ0) is 14.5. The standard InChI is InChI=1S/C17H17ClN2/c1-3-13-5-8-16(9-6-13)20(2)12-15-7-4-14(11-19)10-17(15)18/h4-10H,3,12H2,1-2H3. The number of benzene rings is 2. The van der Waals surface area contributed by atoms with Gasteiger partial charge in [0.25, 0.3) is 0 Å². The topological polar surface area (TPSA) is 27.0 Å². The first-order valence-corrected chi connectivity index (χ1v) is 7.00. The summed E-state index contributed by atoms with van der Waals surface area (Å²) in [5, 5.41) is 9.48. The molecule has 0 unspecified atom stereocenters. The first-order chi connectivity index (χ1) is 9.63. The van der Waals surface area contributed by atoms with Gasteiger partial charge in [-0.3, -0.25) is 0 Å². The Bertz CT molecular complexity index is 626. The fraction of sp³-hybridized carbons (Fsp3) is 0.235. The normalized spacial score (nSPS) is 10.1. The SMILES string of the molecule is CCc1ccc(N(C)Cc2ccc(C#N)cc2Cl)cc1. The van der Waals surface area contributed by atoms with Gasteiger partial charge in [0, 0.05) is 24.3 Å². The molecule has 0 atom stereocenters. The Hall–Kier alpha value is -1.98. The summed E-state index contributed by atoms with van der Waals surface area (Å²) in [5.74, 6) is 0. The number of aryl methyl sites for hydroxylation is 1. The van der Waals surface area contributed by atoms with E-state index >= 15 is 0 Å². The molecule has 0 aliphatic heterocycles. The lowest BCUT2D eigenvalue weighted by atomic mass is 10.1. The number of rotatable bonds is 4. The molecule has 2 rings (SSSR count). The van der Waals surface area contributed by atoms with E-state index < -0.39 is 0 Å². The third-order valence-electron chi connectivity index (χ3n) is 3.38. The van der Waals surface area contributed by atoms with Gasteiger partial charge in [-0.25, -0.2) is 0 Å². The molecule has 0 aliphatic rings. The van der Waals surface area contributed by atoms with Gasteiger partial charge in [-0.15, -0.1) is 0 Å². The molecule has 3 heteroatoms. The fourth-order valence-electron chi connectivity index (χ4n) is 2.08. The molecule has 0 amide bonds. The summed E-state index contributed by atoms with van der Waals surface area (Å²) in [6, 6.07) is 16.1. The molecular weight excluding hydrogens is 268 g/mol. The quantitative estimate of drug-likeness (QED) is 0.831. The van der Waals surface area contributed by atoms with Crippen LogP contribution in [0.2, 0.25) is 5.02 Å². The summed E-state index contributed by atoms with van der Waals surface area (Å²) >= 11 is 6.21. The molecule has 0 bridgehead atoms. The van der Waals surface area contributed by atoms with E-state index in [4.69, 9.17) is 16.9 Å². The van der Waals surface area contributed by atoms with Crippen LogP contribution >= 0.6 is 11.6 Å². The van der Waals surface area contributed by atoms with Crippen molar-refractivity contribution in [2.75, 3.05) is 11.9 Å². The van der Waals surface area contributed by atoms with Crippen molar-refractivity contribution in [2.24, 2.45) is 0 Å². The minimum atomic E-state index is 0.591. The predicted octanol–water partition coefficient (Wildman–Crippen LogP) is 4.41. The Labute approximate surface area is 125 Å². The Balaban J connectivity index is 2.14. The molecule has 102 valence electrons. The van der Waals surface area contributed by atoms with Gasteiger partial charge in [-0.1, -0.05) is 36.7 Å². The number of nitriles is 1. The third-order valence-corrected chi connectivity index (χ3v) is 3.73. The lowest BCUT2D eigenvalue weighted by Gasteiger charge is -2.20. The van der Waals surface area contributed by atoms with Crippen LogP contribution in [0.25, 0.3) is 0 Å². The summed E-state index contributed by atoms with van der Waals surface area (Å²) < 4.78 is 0. The van der Waals surface area contributed by atoms with Gasteiger partial charge < -0.3 is 4.90 Å². The second kappa shape index (κ2) is 6.45. The predicted molar refractivity (Wildman–Crippen MR) is 84.1 cm³/mol. The Kier molecular flexibility index (Phi) is 4.65. The number of hydrogen-bond acceptors (Lipinski definition) is 2. The Morgan fingerprint density at radius 1 is 1.15 bits per heavy atom. The highest BCUT2D eigenvalue weighted by atomic mass is 35.5. The number of hydrogen-bond donors (Lipinski definition) is 0. The van der Waals surface area contributed by atoms with Crippen LogP contribution in [0, 0.1) is 11.3 Å². The molecule has 0 aliphatic carbocycles. The number of halogens is 1. The van der Waals surface area contributed by atoms with Gasteiger partial charge in [0.15, 0.2) is 0 Å². The minimum absolute atomic E-state index is 0.591. The molecule has 0 spiro atoms. The van der Waals surface area contributed by atoms with Crippen molar-refractivity contribution in [3.63, 3.8) is 0 Å². The van der Waals surface area contributed by atoms with Crippen LogP contribution in [0.3, 0.4) is 0 Å². The monoisotopic (exact) mass is 284 g/mol. The molecule has 0 radical (unpaired) electrons. The van der Waals surface area contributed by atoms with Gasteiger partial charge in [-0.05, 0) is 41.8 Å². The fourth-order valence-corrected chi connectivity index (χ4v) is 2.32. The average Bonchev–Trinajstić information content (AvgIpc) is 2.49. The first kappa shape index (κ1) is 14.4. The highest BCUT2D eigenvalue weighted by Gasteiger charge is 2.06. The van der Waals surface area contributed by atoms with Crippen molar-refractivity contribution in [3.8, 4) is 6.07 Å². The third kappa shape index (κ3) is 3.31. The van der Waals surface area contributed by atoms with E-state index in [1.165, 1.54) is 5.56 Å². The molecule has 0 saturated carbocycles. The molecule has 2 aromatic rings. The zero-order valence-electron chi connectivity index (χ0n) is 11.7. The second-order valence-electron chi connectivity index (χ2n) is 4.79. The van der Waals surface area contributed by atoms with Gasteiger partial charge >= 0.3 is 0 Å². The van der Waals surface area contributed by atoms with Crippen LogP contribution in [0.1, 0.15) is 23.6 Å². The van der Waals surface area contributed by atoms with Crippen molar-refractivity contribution in [3.05, 3.63) is 64.2 Å². The van der Waals surface area contributed by atoms with E-state index in [2.05, 4.69) is 42.2 Å². The molecule has 0 saturated heterocycles. The van der Waals surface area contributed by atoms with Crippen LogP contribution in [0.4, 0.5) is 5.69 Å². The van der Waals surface area contributed by atoms with E-state index in [9.17, 15) is 0 Å². The van der Waals surface area contributed by atoms with Crippen LogP contribution in [-0.2, 0) is 13.0 Å². The molecule has 0 heterocycles. The smallest absolute Gasteiger partial charge is 0.0992 e. The largest absolute Gasteiger partial charge is 0.370 e. The van der Waals surface area contributed by atoms with Crippen LogP contribution < -0.4 is 4.90 Å². The Morgan fingerprint density at radius 2 is 1.85 bits per heavy atom. The molecule has 0 N–H and O–H groups in total. The summed E-state index contributed by atoms with van der Waals surface area (Å²) in [5.41, 5.74) is 4.10. The van der Waals surface area contributed by atoms with Crippen molar-refractivity contribution in [1.82, 2.24) is 0 Å². The van der Waals surface area contributed by atoms with Crippen molar-refractivity contribution in [1.29, 1.82) is 5.26 Å². The maximum atomic E-state index is 8.84. The summed E-state index contributed by atoms with van der Waals surface area (Å²) in [7, 11) is 2.04. The van der Waals surface area contributed by atoms with Gasteiger partial charge in [-0.2, -0.15) is 5.26 Å². The molecule has 20 heavy (non-hydrogen) atoms. The van der Waals surface area contributed by atoms with Crippen molar-refractivity contribution in [2.45, 2.75) is 19.9 Å². The highest BCUT2D eigenvalue weighted by molar-refractivity contribution is 6.31. The molecular formula is C17H17ClN2. The van der Waals surface area contributed by atoms with E-state index in [1.54, 1.807) is 12.1 Å². The first-order valence-electron chi connectivity index (χ1n) is 6.62. The molecule has 0 fully saturated rings. The number of anilines is 1.